The third kappa shape index (κ3) is 2.81. The topological polar surface area (TPSA) is 28.2 Å². The lowest BCUT2D eigenvalue weighted by atomic mass is 10.1. The number of hydrogen-bond acceptors (Lipinski definition) is 3. The summed E-state index contributed by atoms with van der Waals surface area (Å²) in [5, 5.41) is 4.94. The Labute approximate surface area is 126 Å². The Hall–Kier alpha value is -1.45. The summed E-state index contributed by atoms with van der Waals surface area (Å²) >= 11 is 0. The molecule has 0 spiro atoms. The van der Waals surface area contributed by atoms with Gasteiger partial charge in [-0.2, -0.15) is 0 Å². The van der Waals surface area contributed by atoms with Gasteiger partial charge in [0, 0.05) is 37.1 Å². The molecule has 1 aliphatic carbocycles. The van der Waals surface area contributed by atoms with Gasteiger partial charge in [-0.1, -0.05) is 24.3 Å². The smallest absolute Gasteiger partial charge is 0.0705 e. The van der Waals surface area contributed by atoms with Crippen molar-refractivity contribution in [3.8, 4) is 0 Å². The van der Waals surface area contributed by atoms with Crippen molar-refractivity contribution in [3.63, 3.8) is 0 Å². The highest BCUT2D eigenvalue weighted by molar-refractivity contribution is 5.78. The summed E-state index contributed by atoms with van der Waals surface area (Å²) in [6.07, 6.45) is 2.82. The van der Waals surface area contributed by atoms with Crippen molar-refractivity contribution in [1.82, 2.24) is 15.2 Å². The molecule has 2 fully saturated rings. The van der Waals surface area contributed by atoms with Crippen LogP contribution in [0.4, 0.5) is 0 Å². The monoisotopic (exact) mass is 281 g/mol. The SMILES string of the molecule is CC1CNC(C2CC2)CN1Cc1ccc2ccccc2n1. The van der Waals surface area contributed by atoms with Gasteiger partial charge in [0.2, 0.25) is 0 Å². The first-order chi connectivity index (χ1) is 10.3. The summed E-state index contributed by atoms with van der Waals surface area (Å²) in [4.78, 5) is 7.42. The van der Waals surface area contributed by atoms with Crippen LogP contribution >= 0.6 is 0 Å². The highest BCUT2D eigenvalue weighted by atomic mass is 15.2. The Morgan fingerprint density at radius 3 is 2.90 bits per heavy atom. The molecule has 1 N–H and O–H groups in total. The van der Waals surface area contributed by atoms with Crippen LogP contribution in [0.25, 0.3) is 10.9 Å². The minimum Gasteiger partial charge on any atom is -0.311 e. The molecule has 2 atom stereocenters. The molecule has 1 saturated heterocycles. The molecule has 1 aliphatic heterocycles. The molecule has 0 radical (unpaired) electrons. The molecule has 3 heteroatoms. The Bertz CT molecular complexity index is 635. The fraction of sp³-hybridized carbons (Fsp3) is 0.500. The van der Waals surface area contributed by atoms with Crippen LogP contribution in [0.5, 0.6) is 0 Å². The Balaban J connectivity index is 1.52. The predicted molar refractivity (Wildman–Crippen MR) is 86.1 cm³/mol. The van der Waals surface area contributed by atoms with Crippen molar-refractivity contribution in [2.75, 3.05) is 13.1 Å². The van der Waals surface area contributed by atoms with Gasteiger partial charge in [0.1, 0.15) is 0 Å². The molecular formula is C18H23N3. The Morgan fingerprint density at radius 1 is 1.19 bits per heavy atom. The van der Waals surface area contributed by atoms with Crippen LogP contribution in [0, 0.1) is 5.92 Å². The van der Waals surface area contributed by atoms with Crippen molar-refractivity contribution >= 4 is 10.9 Å². The van der Waals surface area contributed by atoms with E-state index in [-0.39, 0.29) is 0 Å². The van der Waals surface area contributed by atoms with Crippen LogP contribution < -0.4 is 5.32 Å². The summed E-state index contributed by atoms with van der Waals surface area (Å²) in [6.45, 7) is 5.56. The maximum absolute atomic E-state index is 4.83. The minimum absolute atomic E-state index is 0.591. The van der Waals surface area contributed by atoms with Crippen LogP contribution in [0.1, 0.15) is 25.5 Å². The number of pyridine rings is 1. The van der Waals surface area contributed by atoms with Gasteiger partial charge in [0.15, 0.2) is 0 Å². The van der Waals surface area contributed by atoms with E-state index in [0.29, 0.717) is 12.1 Å². The van der Waals surface area contributed by atoms with Gasteiger partial charge in [-0.25, -0.2) is 0 Å². The number of benzene rings is 1. The van der Waals surface area contributed by atoms with Crippen molar-refractivity contribution < 1.29 is 0 Å². The number of aromatic nitrogens is 1. The number of piperazine rings is 1. The molecule has 1 saturated carbocycles. The molecular weight excluding hydrogens is 258 g/mol. The van der Waals surface area contributed by atoms with Gasteiger partial charge in [-0.3, -0.25) is 9.88 Å². The van der Waals surface area contributed by atoms with Gasteiger partial charge >= 0.3 is 0 Å². The lowest BCUT2D eigenvalue weighted by Gasteiger charge is -2.38. The zero-order valence-electron chi connectivity index (χ0n) is 12.6. The van der Waals surface area contributed by atoms with Gasteiger partial charge in [-0.05, 0) is 37.8 Å². The minimum atomic E-state index is 0.591. The van der Waals surface area contributed by atoms with Crippen LogP contribution in [0.15, 0.2) is 36.4 Å². The fourth-order valence-electron chi connectivity index (χ4n) is 3.39. The Morgan fingerprint density at radius 2 is 2.05 bits per heavy atom. The number of nitrogens with one attached hydrogen (secondary N) is 1. The van der Waals surface area contributed by atoms with Crippen molar-refractivity contribution in [1.29, 1.82) is 0 Å². The fourth-order valence-corrected chi connectivity index (χ4v) is 3.39. The lowest BCUT2D eigenvalue weighted by molar-refractivity contribution is 0.124. The summed E-state index contributed by atoms with van der Waals surface area (Å²) in [6, 6.07) is 14.0. The number of rotatable bonds is 3. The molecule has 2 unspecified atom stereocenters. The van der Waals surface area contributed by atoms with Crippen molar-refractivity contribution in [2.24, 2.45) is 5.92 Å². The van der Waals surface area contributed by atoms with E-state index in [1.165, 1.54) is 30.5 Å². The molecule has 2 aliphatic rings. The third-order valence-corrected chi connectivity index (χ3v) is 4.94. The number of nitrogens with zero attached hydrogens (tertiary/aromatic N) is 2. The molecule has 0 amide bonds. The van der Waals surface area contributed by atoms with Gasteiger partial charge in [0.05, 0.1) is 11.2 Å². The normalized spacial score (nSPS) is 27.1. The predicted octanol–water partition coefficient (Wildman–Crippen LogP) is 2.81. The second kappa shape index (κ2) is 5.39. The highest BCUT2D eigenvalue weighted by Crippen LogP contribution is 2.34. The zero-order chi connectivity index (χ0) is 14.2. The van der Waals surface area contributed by atoms with E-state index in [2.05, 4.69) is 53.5 Å². The third-order valence-electron chi connectivity index (χ3n) is 4.94. The first kappa shape index (κ1) is 13.2. The molecule has 2 aromatic rings. The zero-order valence-corrected chi connectivity index (χ0v) is 12.6. The van der Waals surface area contributed by atoms with E-state index in [4.69, 9.17) is 4.98 Å². The summed E-state index contributed by atoms with van der Waals surface area (Å²) < 4.78 is 0. The largest absolute Gasteiger partial charge is 0.311 e. The van der Waals surface area contributed by atoms with E-state index >= 15 is 0 Å². The highest BCUT2D eigenvalue weighted by Gasteiger charge is 2.35. The molecule has 2 heterocycles. The molecule has 3 nitrogen and oxygen atoms in total. The Kier molecular flexibility index (Phi) is 3.40. The van der Waals surface area contributed by atoms with Crippen LogP contribution in [-0.2, 0) is 6.54 Å². The van der Waals surface area contributed by atoms with E-state index in [1.54, 1.807) is 0 Å². The molecule has 1 aromatic heterocycles. The molecule has 1 aromatic carbocycles. The van der Waals surface area contributed by atoms with Crippen LogP contribution in [0.3, 0.4) is 0 Å². The van der Waals surface area contributed by atoms with Crippen molar-refractivity contribution in [3.05, 3.63) is 42.1 Å². The maximum atomic E-state index is 4.83. The van der Waals surface area contributed by atoms with E-state index < -0.39 is 0 Å². The van der Waals surface area contributed by atoms with Gasteiger partial charge < -0.3 is 5.32 Å². The first-order valence-corrected chi connectivity index (χ1v) is 8.12. The average Bonchev–Trinajstić information content (AvgIpc) is 3.34. The van der Waals surface area contributed by atoms with Crippen molar-refractivity contribution in [2.45, 2.75) is 38.4 Å². The standard InChI is InChI=1S/C18H23N3/c1-13-10-19-18(15-6-7-15)12-21(13)11-16-9-8-14-4-2-3-5-17(14)20-16/h2-5,8-9,13,15,18-19H,6-7,10-12H2,1H3. The summed E-state index contributed by atoms with van der Waals surface area (Å²) in [5.74, 6) is 0.921. The molecule has 21 heavy (non-hydrogen) atoms. The summed E-state index contributed by atoms with van der Waals surface area (Å²) in [7, 11) is 0. The molecule has 0 bridgehead atoms. The van der Waals surface area contributed by atoms with E-state index in [0.717, 1.165) is 24.5 Å². The van der Waals surface area contributed by atoms with Gasteiger partial charge in [-0.15, -0.1) is 0 Å². The van der Waals surface area contributed by atoms with E-state index in [1.807, 2.05) is 0 Å². The van der Waals surface area contributed by atoms with Crippen LogP contribution in [0.2, 0.25) is 0 Å². The van der Waals surface area contributed by atoms with E-state index in [9.17, 15) is 0 Å². The number of hydrogen-bond donors (Lipinski definition) is 1. The maximum Gasteiger partial charge on any atom is 0.0705 e. The van der Waals surface area contributed by atoms with Gasteiger partial charge in [0.25, 0.3) is 0 Å². The van der Waals surface area contributed by atoms with Crippen LogP contribution in [-0.4, -0.2) is 35.1 Å². The number of fused-ring (bicyclic) bond motifs is 1. The first-order valence-electron chi connectivity index (χ1n) is 8.12. The second-order valence-electron chi connectivity index (χ2n) is 6.63. The second-order valence-corrected chi connectivity index (χ2v) is 6.63. The summed E-state index contributed by atoms with van der Waals surface area (Å²) in [5.41, 5.74) is 2.30. The quantitative estimate of drug-likeness (QED) is 0.937. The molecule has 4 rings (SSSR count). The lowest BCUT2D eigenvalue weighted by Crippen LogP contribution is -2.55. The number of para-hydroxylation sites is 1. The molecule has 110 valence electrons. The average molecular weight is 281 g/mol.